The molecule has 0 fully saturated rings. The van der Waals surface area contributed by atoms with E-state index in [1.165, 1.54) is 0 Å². The van der Waals surface area contributed by atoms with E-state index in [0.29, 0.717) is 25.6 Å². The lowest BCUT2D eigenvalue weighted by atomic mass is 10.3. The number of aliphatic imine (C=N–C) groups is 1. The fourth-order valence-electron chi connectivity index (χ4n) is 2.00. The zero-order valence-corrected chi connectivity index (χ0v) is 17.0. The first kappa shape index (κ1) is 22.7. The van der Waals surface area contributed by atoms with E-state index in [4.69, 9.17) is 0 Å². The van der Waals surface area contributed by atoms with Crippen LogP contribution in [0.4, 0.5) is 0 Å². The van der Waals surface area contributed by atoms with Crippen LogP contribution in [0.25, 0.3) is 0 Å². The van der Waals surface area contributed by atoms with E-state index in [1.54, 1.807) is 37.6 Å². The Balaban J connectivity index is 4.93. The molecule has 0 radical (unpaired) electrons. The summed E-state index contributed by atoms with van der Waals surface area (Å²) < 4.78 is 23.5. The quantitative estimate of drug-likeness (QED) is 0.514. The molecule has 24 heavy (non-hydrogen) atoms. The maximum absolute atomic E-state index is 12.2. The summed E-state index contributed by atoms with van der Waals surface area (Å²) in [6, 6.07) is 0. The Kier molecular flexibility index (Phi) is 9.32. The van der Waals surface area contributed by atoms with Gasteiger partial charge < -0.3 is 15.1 Å². The van der Waals surface area contributed by atoms with Crippen LogP contribution in [0, 0.1) is 0 Å². The van der Waals surface area contributed by atoms with Gasteiger partial charge in [0.1, 0.15) is 0 Å². The molecule has 0 aromatic rings. The predicted octanol–water partition coefficient (Wildman–Crippen LogP) is 0.965. The molecule has 0 unspecified atom stereocenters. The highest BCUT2D eigenvalue weighted by Crippen LogP contribution is 2.15. The molecule has 0 aliphatic carbocycles. The highest BCUT2D eigenvalue weighted by Gasteiger charge is 2.28. The maximum atomic E-state index is 12.2. The maximum Gasteiger partial charge on any atom is 0.242 e. The Morgan fingerprint density at radius 2 is 1.67 bits per heavy atom. The molecule has 0 aliphatic heterocycles. The van der Waals surface area contributed by atoms with Crippen LogP contribution in [-0.4, -0.2) is 80.4 Å². The molecular weight excluding hydrogens is 328 g/mol. The van der Waals surface area contributed by atoms with Gasteiger partial charge in [-0.25, -0.2) is 8.42 Å². The number of nitrogens with one attached hydrogen (secondary N) is 1. The number of sulfone groups is 1. The second kappa shape index (κ2) is 9.86. The molecule has 0 saturated heterocycles. The van der Waals surface area contributed by atoms with Gasteiger partial charge in [0.25, 0.3) is 0 Å². The fourth-order valence-corrected chi connectivity index (χ4v) is 2.95. The molecule has 0 heterocycles. The van der Waals surface area contributed by atoms with Gasteiger partial charge in [-0.05, 0) is 41.5 Å². The van der Waals surface area contributed by atoms with E-state index < -0.39 is 14.6 Å². The summed E-state index contributed by atoms with van der Waals surface area (Å²) in [4.78, 5) is 20.0. The van der Waals surface area contributed by atoms with Gasteiger partial charge in [-0.1, -0.05) is 0 Å². The number of guanidine groups is 1. The van der Waals surface area contributed by atoms with E-state index in [0.717, 1.165) is 0 Å². The smallest absolute Gasteiger partial charge is 0.242 e. The molecule has 0 bridgehead atoms. The van der Waals surface area contributed by atoms with Gasteiger partial charge in [0.2, 0.25) is 5.91 Å². The SMILES string of the molecule is CCNC(=NCCS(=O)(=O)C(C)(C)C)N(C)CC(=O)N(CC)CC. The standard InChI is InChI=1S/C16H34N4O3S/c1-8-17-15(18-11-12-24(22,23)16(4,5)6)19(7)13-14(21)20(9-2)10-3/h8-13H2,1-7H3,(H,17,18). The Hall–Kier alpha value is -1.31. The summed E-state index contributed by atoms with van der Waals surface area (Å²) in [5.74, 6) is 0.556. The first-order chi connectivity index (χ1) is 11.0. The molecule has 0 spiro atoms. The van der Waals surface area contributed by atoms with E-state index >= 15 is 0 Å². The Morgan fingerprint density at radius 3 is 2.08 bits per heavy atom. The number of nitrogens with zero attached hydrogens (tertiary/aromatic N) is 3. The van der Waals surface area contributed by atoms with Gasteiger partial charge in [-0.15, -0.1) is 0 Å². The van der Waals surface area contributed by atoms with Crippen LogP contribution in [0.2, 0.25) is 0 Å². The van der Waals surface area contributed by atoms with E-state index in [2.05, 4.69) is 10.3 Å². The summed E-state index contributed by atoms with van der Waals surface area (Å²) in [6.45, 7) is 13.2. The molecule has 7 nitrogen and oxygen atoms in total. The Bertz CT molecular complexity index is 520. The minimum atomic E-state index is -3.21. The van der Waals surface area contributed by atoms with Crippen LogP contribution < -0.4 is 5.32 Å². The summed E-state index contributed by atoms with van der Waals surface area (Å²) in [5.41, 5.74) is 0. The number of rotatable bonds is 8. The van der Waals surface area contributed by atoms with Gasteiger partial charge in [0.05, 0.1) is 23.6 Å². The molecular formula is C16H34N4O3S. The highest BCUT2D eigenvalue weighted by molar-refractivity contribution is 7.92. The monoisotopic (exact) mass is 362 g/mol. The second-order valence-corrected chi connectivity index (χ2v) is 9.45. The molecule has 0 saturated carbocycles. The van der Waals surface area contributed by atoms with Gasteiger partial charge in [0, 0.05) is 26.7 Å². The van der Waals surface area contributed by atoms with Crippen LogP contribution in [0.1, 0.15) is 41.5 Å². The molecule has 1 N–H and O–H groups in total. The summed E-state index contributed by atoms with van der Waals surface area (Å²) >= 11 is 0. The average Bonchev–Trinajstić information content (AvgIpc) is 2.46. The third kappa shape index (κ3) is 7.07. The molecule has 142 valence electrons. The number of hydrogen-bond acceptors (Lipinski definition) is 4. The normalized spacial score (nSPS) is 12.9. The lowest BCUT2D eigenvalue weighted by molar-refractivity contribution is -0.131. The van der Waals surface area contributed by atoms with Crippen molar-refractivity contribution in [1.29, 1.82) is 0 Å². The summed E-state index contributed by atoms with van der Waals surface area (Å²) in [6.07, 6.45) is 0. The Morgan fingerprint density at radius 1 is 1.12 bits per heavy atom. The van der Waals surface area contributed by atoms with Crippen molar-refractivity contribution in [2.24, 2.45) is 4.99 Å². The molecule has 0 aliphatic rings. The van der Waals surface area contributed by atoms with Gasteiger partial charge in [0.15, 0.2) is 15.8 Å². The van der Waals surface area contributed by atoms with E-state index in [-0.39, 0.29) is 24.7 Å². The second-order valence-electron chi connectivity index (χ2n) is 6.59. The molecule has 0 aromatic heterocycles. The van der Waals surface area contributed by atoms with Gasteiger partial charge in [-0.3, -0.25) is 9.79 Å². The van der Waals surface area contributed by atoms with Crippen LogP contribution in [-0.2, 0) is 14.6 Å². The minimum Gasteiger partial charge on any atom is -0.357 e. The number of carbonyl (C=O) groups is 1. The number of carbonyl (C=O) groups excluding carboxylic acids is 1. The molecule has 1 amide bonds. The summed E-state index contributed by atoms with van der Waals surface area (Å²) in [7, 11) is -1.43. The van der Waals surface area contributed by atoms with Crippen molar-refractivity contribution in [1.82, 2.24) is 15.1 Å². The number of amides is 1. The minimum absolute atomic E-state index is 0.0107. The van der Waals surface area contributed by atoms with Crippen LogP contribution in [0.5, 0.6) is 0 Å². The van der Waals surface area contributed by atoms with Crippen LogP contribution >= 0.6 is 0 Å². The predicted molar refractivity (Wildman–Crippen MR) is 100 cm³/mol. The molecule has 0 atom stereocenters. The zero-order chi connectivity index (χ0) is 19.0. The summed E-state index contributed by atoms with van der Waals surface area (Å²) in [5, 5.41) is 3.10. The van der Waals surface area contributed by atoms with Crippen LogP contribution in [0.15, 0.2) is 4.99 Å². The molecule has 0 rings (SSSR count). The van der Waals surface area contributed by atoms with Crippen molar-refractivity contribution in [2.45, 2.75) is 46.3 Å². The van der Waals surface area contributed by atoms with Gasteiger partial charge in [-0.2, -0.15) is 0 Å². The first-order valence-corrected chi connectivity index (χ1v) is 10.1. The van der Waals surface area contributed by atoms with Crippen molar-refractivity contribution >= 4 is 21.7 Å². The average molecular weight is 363 g/mol. The fraction of sp³-hybridized carbons (Fsp3) is 0.875. The third-order valence-electron chi connectivity index (χ3n) is 3.74. The lowest BCUT2D eigenvalue weighted by Gasteiger charge is -2.25. The lowest BCUT2D eigenvalue weighted by Crippen LogP contribution is -2.46. The van der Waals surface area contributed by atoms with Crippen molar-refractivity contribution in [3.05, 3.63) is 0 Å². The van der Waals surface area contributed by atoms with Gasteiger partial charge >= 0.3 is 0 Å². The number of hydrogen-bond donors (Lipinski definition) is 1. The van der Waals surface area contributed by atoms with Crippen molar-refractivity contribution in [2.75, 3.05) is 45.5 Å². The van der Waals surface area contributed by atoms with E-state index in [9.17, 15) is 13.2 Å². The largest absolute Gasteiger partial charge is 0.357 e. The third-order valence-corrected chi connectivity index (χ3v) is 6.33. The van der Waals surface area contributed by atoms with Crippen molar-refractivity contribution in [3.8, 4) is 0 Å². The van der Waals surface area contributed by atoms with Crippen LogP contribution in [0.3, 0.4) is 0 Å². The van der Waals surface area contributed by atoms with E-state index in [1.807, 2.05) is 20.8 Å². The van der Waals surface area contributed by atoms with Crippen molar-refractivity contribution in [3.63, 3.8) is 0 Å². The first-order valence-electron chi connectivity index (χ1n) is 8.49. The van der Waals surface area contributed by atoms with Crippen molar-refractivity contribution < 1.29 is 13.2 Å². The highest BCUT2D eigenvalue weighted by atomic mass is 32.2. The molecule has 0 aromatic carbocycles. The number of likely N-dealkylation sites (N-methyl/N-ethyl adjacent to an activating group) is 2. The Labute approximate surface area is 147 Å². The zero-order valence-electron chi connectivity index (χ0n) is 16.2. The molecule has 8 heteroatoms. The topological polar surface area (TPSA) is 82.1 Å².